The van der Waals surface area contributed by atoms with Crippen molar-refractivity contribution in [1.82, 2.24) is 25.5 Å². The Morgan fingerprint density at radius 3 is 3.05 bits per heavy atom. The van der Waals surface area contributed by atoms with Gasteiger partial charge >= 0.3 is 0 Å². The van der Waals surface area contributed by atoms with Gasteiger partial charge in [-0.2, -0.15) is 5.10 Å². The molecule has 7 heteroatoms. The third-order valence-corrected chi connectivity index (χ3v) is 3.67. The molecule has 7 nitrogen and oxygen atoms in total. The third kappa shape index (κ3) is 3.36. The highest BCUT2D eigenvalue weighted by Crippen LogP contribution is 2.19. The van der Waals surface area contributed by atoms with Gasteiger partial charge < -0.3 is 10.2 Å². The van der Waals surface area contributed by atoms with Gasteiger partial charge in [0.1, 0.15) is 0 Å². The number of aromatic amines is 1. The highest BCUT2D eigenvalue weighted by atomic mass is 16.1. The molecule has 1 atom stereocenters. The van der Waals surface area contributed by atoms with E-state index in [0.717, 1.165) is 31.9 Å². The average Bonchev–Trinajstić information content (AvgIpc) is 3.08. The summed E-state index contributed by atoms with van der Waals surface area (Å²) in [5.41, 5.74) is 0.564. The minimum Gasteiger partial charge on any atom is -0.352 e. The fourth-order valence-corrected chi connectivity index (χ4v) is 2.58. The van der Waals surface area contributed by atoms with Crippen LogP contribution >= 0.6 is 0 Å². The number of carbonyl (C=O) groups is 1. The largest absolute Gasteiger partial charge is 0.352 e. The molecule has 1 aliphatic heterocycles. The Labute approximate surface area is 122 Å². The Hall–Kier alpha value is -2.44. The van der Waals surface area contributed by atoms with Crippen LogP contribution in [0.4, 0.5) is 5.95 Å². The molecule has 0 aromatic carbocycles. The van der Waals surface area contributed by atoms with Crippen LogP contribution < -0.4 is 10.2 Å². The van der Waals surface area contributed by atoms with E-state index in [1.165, 1.54) is 6.20 Å². The van der Waals surface area contributed by atoms with Crippen LogP contribution in [-0.4, -0.2) is 45.7 Å². The third-order valence-electron chi connectivity index (χ3n) is 3.67. The molecule has 0 saturated carbocycles. The van der Waals surface area contributed by atoms with Crippen molar-refractivity contribution in [2.24, 2.45) is 5.92 Å². The number of aromatic nitrogens is 4. The van der Waals surface area contributed by atoms with E-state index < -0.39 is 0 Å². The van der Waals surface area contributed by atoms with Crippen molar-refractivity contribution in [2.45, 2.75) is 12.8 Å². The smallest absolute Gasteiger partial charge is 0.254 e. The van der Waals surface area contributed by atoms with E-state index in [2.05, 4.69) is 30.4 Å². The van der Waals surface area contributed by atoms with Gasteiger partial charge in [-0.15, -0.1) is 0 Å². The molecule has 3 rings (SSSR count). The summed E-state index contributed by atoms with van der Waals surface area (Å²) in [6.45, 7) is 2.50. The van der Waals surface area contributed by atoms with Gasteiger partial charge in [-0.25, -0.2) is 9.97 Å². The molecule has 21 heavy (non-hydrogen) atoms. The molecule has 2 aromatic heterocycles. The van der Waals surface area contributed by atoms with Crippen molar-refractivity contribution in [2.75, 3.05) is 24.5 Å². The topological polar surface area (TPSA) is 86.8 Å². The molecule has 0 bridgehead atoms. The van der Waals surface area contributed by atoms with Gasteiger partial charge in [0.15, 0.2) is 0 Å². The first-order valence-corrected chi connectivity index (χ1v) is 7.12. The van der Waals surface area contributed by atoms with Crippen LogP contribution in [0.15, 0.2) is 30.9 Å². The molecule has 3 heterocycles. The summed E-state index contributed by atoms with van der Waals surface area (Å²) in [4.78, 5) is 22.6. The van der Waals surface area contributed by atoms with E-state index in [9.17, 15) is 4.79 Å². The first-order valence-electron chi connectivity index (χ1n) is 7.12. The Morgan fingerprint density at radius 1 is 1.43 bits per heavy atom. The summed E-state index contributed by atoms with van der Waals surface area (Å²) in [5, 5.41) is 9.38. The van der Waals surface area contributed by atoms with Crippen molar-refractivity contribution in [3.8, 4) is 0 Å². The highest BCUT2D eigenvalue weighted by molar-refractivity contribution is 5.93. The molecular weight excluding hydrogens is 268 g/mol. The highest BCUT2D eigenvalue weighted by Gasteiger charge is 2.22. The van der Waals surface area contributed by atoms with E-state index >= 15 is 0 Å². The number of nitrogens with zero attached hydrogens (tertiary/aromatic N) is 4. The maximum absolute atomic E-state index is 11.9. The van der Waals surface area contributed by atoms with Crippen molar-refractivity contribution in [1.29, 1.82) is 0 Å². The van der Waals surface area contributed by atoms with E-state index in [-0.39, 0.29) is 5.91 Å². The van der Waals surface area contributed by atoms with Crippen LogP contribution in [0.25, 0.3) is 0 Å². The fraction of sp³-hybridized carbons (Fsp3) is 0.429. The number of nitrogens with one attached hydrogen (secondary N) is 2. The van der Waals surface area contributed by atoms with Gasteiger partial charge in [-0.05, 0) is 24.8 Å². The summed E-state index contributed by atoms with van der Waals surface area (Å²) in [6, 6.07) is 1.82. The zero-order valence-corrected chi connectivity index (χ0v) is 11.7. The van der Waals surface area contributed by atoms with Crippen molar-refractivity contribution in [3.63, 3.8) is 0 Å². The van der Waals surface area contributed by atoms with Crippen LogP contribution in [0.5, 0.6) is 0 Å². The molecule has 0 aliphatic carbocycles. The maximum atomic E-state index is 11.9. The normalized spacial score (nSPS) is 18.5. The van der Waals surface area contributed by atoms with Crippen LogP contribution in [0.3, 0.4) is 0 Å². The van der Waals surface area contributed by atoms with Crippen molar-refractivity contribution in [3.05, 3.63) is 36.4 Å². The van der Waals surface area contributed by atoms with Gasteiger partial charge in [0.25, 0.3) is 5.91 Å². The summed E-state index contributed by atoms with van der Waals surface area (Å²) in [7, 11) is 0. The van der Waals surface area contributed by atoms with Gasteiger partial charge in [0.05, 0.1) is 11.8 Å². The molecular formula is C14H18N6O. The number of hydrogen-bond donors (Lipinski definition) is 2. The number of rotatable bonds is 4. The second-order valence-electron chi connectivity index (χ2n) is 5.20. The summed E-state index contributed by atoms with van der Waals surface area (Å²) < 4.78 is 0. The average molecular weight is 286 g/mol. The molecule has 0 spiro atoms. The SMILES string of the molecule is O=C(NC[C@@H]1CCCN(c2ncccn2)C1)c1cn[nH]c1. The molecule has 0 unspecified atom stereocenters. The second kappa shape index (κ2) is 6.34. The van der Waals surface area contributed by atoms with Crippen molar-refractivity contribution < 1.29 is 4.79 Å². The minimum atomic E-state index is -0.0863. The van der Waals surface area contributed by atoms with Gasteiger partial charge in [0.2, 0.25) is 5.95 Å². The number of amides is 1. The molecule has 1 aliphatic rings. The number of carbonyl (C=O) groups excluding carboxylic acids is 1. The summed E-state index contributed by atoms with van der Waals surface area (Å²) >= 11 is 0. The predicted octanol–water partition coefficient (Wildman–Crippen LogP) is 0.846. The van der Waals surface area contributed by atoms with Crippen LogP contribution in [0.1, 0.15) is 23.2 Å². The number of H-pyrrole nitrogens is 1. The standard InChI is InChI=1S/C14H18N6O/c21-13(12-8-18-19-9-12)17-7-11-3-1-6-20(10-11)14-15-4-2-5-16-14/h2,4-5,8-9,11H,1,3,6-7,10H2,(H,17,21)(H,18,19)/t11-/m0/s1. The lowest BCUT2D eigenvalue weighted by atomic mass is 9.98. The summed E-state index contributed by atoms with van der Waals surface area (Å²) in [5.74, 6) is 1.10. The molecule has 1 saturated heterocycles. The molecule has 0 radical (unpaired) electrons. The van der Waals surface area contributed by atoms with Crippen molar-refractivity contribution >= 4 is 11.9 Å². The molecule has 110 valence electrons. The molecule has 1 fully saturated rings. The van der Waals surface area contributed by atoms with E-state index in [0.29, 0.717) is 18.0 Å². The molecule has 2 N–H and O–H groups in total. The Bertz CT molecular complexity index is 570. The van der Waals surface area contributed by atoms with Gasteiger partial charge in [0, 0.05) is 38.2 Å². The lowest BCUT2D eigenvalue weighted by molar-refractivity contribution is 0.0945. The van der Waals surface area contributed by atoms with E-state index in [4.69, 9.17) is 0 Å². The Balaban J connectivity index is 1.53. The van der Waals surface area contributed by atoms with Gasteiger partial charge in [-0.1, -0.05) is 0 Å². The Morgan fingerprint density at radius 2 is 2.29 bits per heavy atom. The summed E-state index contributed by atoms with van der Waals surface area (Å²) in [6.07, 6.45) is 8.83. The lowest BCUT2D eigenvalue weighted by Gasteiger charge is -2.32. The zero-order valence-electron chi connectivity index (χ0n) is 11.7. The quantitative estimate of drug-likeness (QED) is 0.870. The van der Waals surface area contributed by atoms with Crippen LogP contribution in [-0.2, 0) is 0 Å². The monoisotopic (exact) mass is 286 g/mol. The second-order valence-corrected chi connectivity index (χ2v) is 5.20. The molecule has 1 amide bonds. The van der Waals surface area contributed by atoms with Gasteiger partial charge in [-0.3, -0.25) is 9.89 Å². The Kier molecular flexibility index (Phi) is 4.09. The van der Waals surface area contributed by atoms with Crippen LogP contribution in [0.2, 0.25) is 0 Å². The first-order chi connectivity index (χ1) is 10.3. The lowest BCUT2D eigenvalue weighted by Crippen LogP contribution is -2.41. The predicted molar refractivity (Wildman–Crippen MR) is 77.9 cm³/mol. The zero-order chi connectivity index (χ0) is 14.5. The van der Waals surface area contributed by atoms with E-state index in [1.54, 1.807) is 18.6 Å². The first kappa shape index (κ1) is 13.5. The maximum Gasteiger partial charge on any atom is 0.254 e. The van der Waals surface area contributed by atoms with Crippen LogP contribution in [0, 0.1) is 5.92 Å². The fourth-order valence-electron chi connectivity index (χ4n) is 2.58. The number of hydrogen-bond acceptors (Lipinski definition) is 5. The van der Waals surface area contributed by atoms with E-state index in [1.807, 2.05) is 6.07 Å². The number of piperidine rings is 1. The number of anilines is 1. The minimum absolute atomic E-state index is 0.0863. The molecule has 2 aromatic rings.